The van der Waals surface area contributed by atoms with Gasteiger partial charge in [-0.05, 0) is 24.8 Å². The van der Waals surface area contributed by atoms with E-state index < -0.39 is 18.0 Å². The molecule has 2 N–H and O–H groups in total. The van der Waals surface area contributed by atoms with Crippen molar-refractivity contribution in [1.82, 2.24) is 15.5 Å². The highest BCUT2D eigenvalue weighted by Crippen LogP contribution is 2.22. The maximum Gasteiger partial charge on any atom is 0.413 e. The Hall–Kier alpha value is -2.26. The molecule has 0 aliphatic carbocycles. The van der Waals surface area contributed by atoms with E-state index in [9.17, 15) is 9.59 Å². The van der Waals surface area contributed by atoms with Crippen molar-refractivity contribution in [2.45, 2.75) is 32.9 Å². The van der Waals surface area contributed by atoms with E-state index in [4.69, 9.17) is 4.42 Å². The first-order valence-corrected chi connectivity index (χ1v) is 8.52. The maximum absolute atomic E-state index is 12.1. The van der Waals surface area contributed by atoms with E-state index >= 15 is 0 Å². The van der Waals surface area contributed by atoms with Gasteiger partial charge >= 0.3 is 6.09 Å². The fourth-order valence-electron chi connectivity index (χ4n) is 2.24. The van der Waals surface area contributed by atoms with Gasteiger partial charge in [-0.3, -0.25) is 10.1 Å². The number of aromatic nitrogens is 2. The number of nitrogens with zero attached hydrogens (tertiary/aromatic N) is 2. The number of methoxy groups -OCH3 is 1. The predicted molar refractivity (Wildman–Crippen MR) is 87.4 cm³/mol. The molecule has 2 aromatic heterocycles. The number of carbonyl (C=O) groups excluding carboxylic acids is 2. The maximum atomic E-state index is 12.1. The first kappa shape index (κ1) is 18.1. The summed E-state index contributed by atoms with van der Waals surface area (Å²) in [5, 5.41) is 12.2. The molecule has 2 aromatic rings. The second kappa shape index (κ2) is 8.55. The van der Waals surface area contributed by atoms with Gasteiger partial charge in [0.25, 0.3) is 17.7 Å². The van der Waals surface area contributed by atoms with E-state index in [2.05, 4.69) is 20.3 Å². The number of hydrogen-bond donors (Lipinski definition) is 2. The molecule has 9 heteroatoms. The Kier molecular flexibility index (Phi) is 6.44. The number of quaternary nitrogens is 1. The summed E-state index contributed by atoms with van der Waals surface area (Å²) in [4.78, 5) is 25.1. The van der Waals surface area contributed by atoms with Gasteiger partial charge in [0.15, 0.2) is 12.6 Å². The van der Waals surface area contributed by atoms with Crippen LogP contribution in [0.4, 0.5) is 4.79 Å². The molecule has 2 heterocycles. The van der Waals surface area contributed by atoms with Crippen molar-refractivity contribution in [2.75, 3.05) is 13.7 Å². The van der Waals surface area contributed by atoms with Crippen molar-refractivity contribution in [3.8, 4) is 10.8 Å². The highest BCUT2D eigenvalue weighted by molar-refractivity contribution is 7.13. The molecule has 0 aliphatic heterocycles. The van der Waals surface area contributed by atoms with Crippen LogP contribution in [0.3, 0.4) is 0 Å². The second-order valence-electron chi connectivity index (χ2n) is 5.27. The first-order chi connectivity index (χ1) is 11.5. The largest absolute Gasteiger partial charge is 0.453 e. The van der Waals surface area contributed by atoms with Gasteiger partial charge < -0.3 is 14.1 Å². The minimum atomic E-state index is -0.763. The molecule has 8 nitrogen and oxygen atoms in total. The van der Waals surface area contributed by atoms with Crippen molar-refractivity contribution < 1.29 is 23.6 Å². The topological polar surface area (TPSA) is 98.8 Å². The Morgan fingerprint density at radius 1 is 1.46 bits per heavy atom. The van der Waals surface area contributed by atoms with E-state index in [1.165, 1.54) is 18.4 Å². The number of hydrogen-bond acceptors (Lipinski definition) is 7. The van der Waals surface area contributed by atoms with Gasteiger partial charge in [0.05, 0.1) is 18.5 Å². The van der Waals surface area contributed by atoms with Gasteiger partial charge in [-0.1, -0.05) is 13.0 Å². The zero-order chi connectivity index (χ0) is 17.5. The molecule has 2 amide bonds. The smallest absolute Gasteiger partial charge is 0.413 e. The summed E-state index contributed by atoms with van der Waals surface area (Å²) in [5.41, 5.74) is 0. The van der Waals surface area contributed by atoms with Crippen LogP contribution in [0.15, 0.2) is 21.9 Å². The Balaban J connectivity index is 2.05. The van der Waals surface area contributed by atoms with Crippen molar-refractivity contribution >= 4 is 23.3 Å². The molecular weight excluding hydrogens is 332 g/mol. The van der Waals surface area contributed by atoms with Crippen molar-refractivity contribution in [3.63, 3.8) is 0 Å². The average molecular weight is 353 g/mol. The summed E-state index contributed by atoms with van der Waals surface area (Å²) in [6.07, 6.45) is 0.109. The van der Waals surface area contributed by atoms with Gasteiger partial charge in [0, 0.05) is 0 Å². The number of rotatable bonds is 7. The highest BCUT2D eigenvalue weighted by atomic mass is 32.1. The summed E-state index contributed by atoms with van der Waals surface area (Å²) >= 11 is 1.52. The number of alkyl carbamates (subject to hydrolysis) is 1. The van der Waals surface area contributed by atoms with Crippen LogP contribution in [-0.2, 0) is 16.1 Å². The van der Waals surface area contributed by atoms with E-state index in [0.717, 1.165) is 22.7 Å². The van der Waals surface area contributed by atoms with Gasteiger partial charge in [0.1, 0.15) is 0 Å². The Morgan fingerprint density at radius 2 is 2.25 bits per heavy atom. The SMILES string of the molecule is CCC[NH+](Cc1nnc(-c2cccs2)o1)[C@@H](C)C(=O)NC(=O)OC. The zero-order valence-corrected chi connectivity index (χ0v) is 14.7. The quantitative estimate of drug-likeness (QED) is 0.766. The lowest BCUT2D eigenvalue weighted by Crippen LogP contribution is -3.15. The van der Waals surface area contributed by atoms with Crippen molar-refractivity contribution in [2.24, 2.45) is 0 Å². The summed E-state index contributed by atoms with van der Waals surface area (Å²) < 4.78 is 10.1. The van der Waals surface area contributed by atoms with Crippen LogP contribution < -0.4 is 10.2 Å². The summed E-state index contributed by atoms with van der Waals surface area (Å²) in [6.45, 7) is 4.91. The lowest BCUT2D eigenvalue weighted by Gasteiger charge is -2.23. The third kappa shape index (κ3) is 4.62. The molecule has 0 fully saturated rings. The molecule has 130 valence electrons. The molecule has 1 unspecified atom stereocenters. The molecule has 0 aromatic carbocycles. The van der Waals surface area contributed by atoms with E-state index in [1.807, 2.05) is 24.4 Å². The van der Waals surface area contributed by atoms with Crippen LogP contribution >= 0.6 is 11.3 Å². The second-order valence-corrected chi connectivity index (χ2v) is 6.21. The molecule has 0 bridgehead atoms. The van der Waals surface area contributed by atoms with Crippen LogP contribution in [0, 0.1) is 0 Å². The lowest BCUT2D eigenvalue weighted by atomic mass is 10.2. The molecule has 0 radical (unpaired) electrons. The fraction of sp³-hybridized carbons (Fsp3) is 0.467. The molecular formula is C15H21N4O4S+. The zero-order valence-electron chi connectivity index (χ0n) is 13.9. The molecule has 2 rings (SSSR count). The lowest BCUT2D eigenvalue weighted by molar-refractivity contribution is -0.929. The summed E-state index contributed by atoms with van der Waals surface area (Å²) in [5.74, 6) is 0.533. The van der Waals surface area contributed by atoms with E-state index in [-0.39, 0.29) is 0 Å². The molecule has 0 spiro atoms. The van der Waals surface area contributed by atoms with E-state index in [0.29, 0.717) is 18.3 Å². The standard InChI is InChI=1S/C15H20N4O4S/c1-4-7-19(10(2)13(20)16-15(21)22-3)9-12-17-18-14(23-12)11-6-5-8-24-11/h5-6,8,10H,4,7,9H2,1-3H3,(H,16,20,21)/p+1/t10-/m0/s1. The van der Waals surface area contributed by atoms with Crippen molar-refractivity contribution in [1.29, 1.82) is 0 Å². The Morgan fingerprint density at radius 3 is 2.88 bits per heavy atom. The number of thiophene rings is 1. The fourth-order valence-corrected chi connectivity index (χ4v) is 2.89. The molecule has 0 aliphatic rings. The average Bonchev–Trinajstić information content (AvgIpc) is 3.24. The van der Waals surface area contributed by atoms with Crippen LogP contribution in [0.25, 0.3) is 10.8 Å². The Labute approximate surface area is 143 Å². The molecule has 2 atom stereocenters. The Bertz CT molecular complexity index is 671. The van der Waals surface area contributed by atoms with Crippen LogP contribution in [0.1, 0.15) is 26.2 Å². The number of imide groups is 1. The van der Waals surface area contributed by atoms with Crippen LogP contribution in [-0.4, -0.2) is 41.9 Å². The normalized spacial score (nSPS) is 13.3. The molecule has 24 heavy (non-hydrogen) atoms. The van der Waals surface area contributed by atoms with Crippen LogP contribution in [0.2, 0.25) is 0 Å². The number of carbonyl (C=O) groups is 2. The van der Waals surface area contributed by atoms with Gasteiger partial charge in [-0.15, -0.1) is 21.5 Å². The molecule has 0 saturated carbocycles. The number of ether oxygens (including phenoxy) is 1. The van der Waals surface area contributed by atoms with Crippen molar-refractivity contribution in [3.05, 3.63) is 23.4 Å². The first-order valence-electron chi connectivity index (χ1n) is 7.64. The third-order valence-corrected chi connectivity index (χ3v) is 4.42. The minimum absolute atomic E-state index is 0.400. The summed E-state index contributed by atoms with van der Waals surface area (Å²) in [7, 11) is 1.22. The summed E-state index contributed by atoms with van der Waals surface area (Å²) in [6, 6.07) is 3.36. The van der Waals surface area contributed by atoms with Gasteiger partial charge in [-0.2, -0.15) is 0 Å². The van der Waals surface area contributed by atoms with Gasteiger partial charge in [-0.25, -0.2) is 4.79 Å². The third-order valence-electron chi connectivity index (χ3n) is 3.56. The number of nitrogens with one attached hydrogen (secondary N) is 2. The highest BCUT2D eigenvalue weighted by Gasteiger charge is 2.28. The molecule has 0 saturated heterocycles. The number of amides is 2. The van der Waals surface area contributed by atoms with Gasteiger partial charge in [0.2, 0.25) is 0 Å². The van der Waals surface area contributed by atoms with E-state index in [1.54, 1.807) is 6.92 Å². The monoisotopic (exact) mass is 353 g/mol. The minimum Gasteiger partial charge on any atom is -0.453 e. The van der Waals surface area contributed by atoms with Crippen LogP contribution in [0.5, 0.6) is 0 Å². The predicted octanol–water partition coefficient (Wildman–Crippen LogP) is 0.864.